The first kappa shape index (κ1) is 14.5. The van der Waals surface area contributed by atoms with Gasteiger partial charge in [-0.25, -0.2) is 4.68 Å². The zero-order chi connectivity index (χ0) is 15.5. The highest BCUT2D eigenvalue weighted by Crippen LogP contribution is 2.19. The summed E-state index contributed by atoms with van der Waals surface area (Å²) in [7, 11) is 1.92. The largest absolute Gasteiger partial charge is 0.334 e. The van der Waals surface area contributed by atoms with Crippen molar-refractivity contribution in [3.8, 4) is 17.1 Å². The Bertz CT molecular complexity index is 744. The van der Waals surface area contributed by atoms with Gasteiger partial charge in [0.15, 0.2) is 5.82 Å². The molecule has 0 aliphatic heterocycles. The highest BCUT2D eigenvalue weighted by molar-refractivity contribution is 5.55. The Hall–Kier alpha value is -2.47. The summed E-state index contributed by atoms with van der Waals surface area (Å²) in [6.45, 7) is 4.10. The monoisotopic (exact) mass is 297 g/mol. The van der Waals surface area contributed by atoms with E-state index in [-0.39, 0.29) is 0 Å². The Morgan fingerprint density at radius 1 is 1.27 bits per heavy atom. The lowest BCUT2D eigenvalue weighted by atomic mass is 10.2. The van der Waals surface area contributed by atoms with Gasteiger partial charge in [0.2, 0.25) is 0 Å². The van der Waals surface area contributed by atoms with Crippen molar-refractivity contribution in [2.75, 3.05) is 7.05 Å². The minimum absolute atomic E-state index is 0.316. The molecule has 0 spiro atoms. The van der Waals surface area contributed by atoms with Crippen LogP contribution in [0.15, 0.2) is 41.2 Å². The molecule has 0 bridgehead atoms. The van der Waals surface area contributed by atoms with E-state index in [9.17, 15) is 0 Å². The Morgan fingerprint density at radius 2 is 2.05 bits per heavy atom. The van der Waals surface area contributed by atoms with Crippen LogP contribution in [0, 0.1) is 6.92 Å². The van der Waals surface area contributed by atoms with Gasteiger partial charge < -0.3 is 9.84 Å². The third kappa shape index (κ3) is 3.07. The topological polar surface area (TPSA) is 68.8 Å². The molecule has 0 radical (unpaired) electrons. The number of nitrogens with one attached hydrogen (secondary N) is 1. The summed E-state index contributed by atoms with van der Waals surface area (Å²) < 4.78 is 7.17. The van der Waals surface area contributed by atoms with Crippen molar-refractivity contribution in [3.63, 3.8) is 0 Å². The van der Waals surface area contributed by atoms with Crippen LogP contribution in [0.3, 0.4) is 0 Å². The molecule has 1 aromatic carbocycles. The second kappa shape index (κ2) is 6.11. The maximum atomic E-state index is 5.33. The first-order chi connectivity index (χ1) is 10.7. The number of aromatic nitrogens is 4. The maximum Gasteiger partial charge on any atom is 0.257 e. The van der Waals surface area contributed by atoms with E-state index in [1.54, 1.807) is 0 Å². The molecule has 0 aliphatic carbocycles. The fourth-order valence-corrected chi connectivity index (χ4v) is 2.14. The van der Waals surface area contributed by atoms with E-state index in [0.717, 1.165) is 23.2 Å². The van der Waals surface area contributed by atoms with Gasteiger partial charge >= 0.3 is 0 Å². The second-order valence-corrected chi connectivity index (χ2v) is 5.42. The predicted molar refractivity (Wildman–Crippen MR) is 83.8 cm³/mol. The molecule has 1 N–H and O–H groups in total. The number of hydrogen-bond acceptors (Lipinski definition) is 5. The van der Waals surface area contributed by atoms with Crippen molar-refractivity contribution in [2.24, 2.45) is 0 Å². The summed E-state index contributed by atoms with van der Waals surface area (Å²) in [5.74, 6) is 1.25. The van der Waals surface area contributed by atoms with Crippen LogP contribution in [-0.2, 0) is 6.42 Å². The standard InChI is InChI=1S/C16H19N5O/c1-11-9-18-21(10-11)14-6-4-13(5-7-14)16-19-15(20-22-16)8-12(2)17-3/h4-7,9-10,12,17H,8H2,1-3H3. The molecule has 1 unspecified atom stereocenters. The van der Waals surface area contributed by atoms with Gasteiger partial charge in [-0.15, -0.1) is 0 Å². The minimum atomic E-state index is 0.316. The van der Waals surface area contributed by atoms with Gasteiger partial charge in [-0.1, -0.05) is 5.16 Å². The molecular weight excluding hydrogens is 278 g/mol. The smallest absolute Gasteiger partial charge is 0.257 e. The van der Waals surface area contributed by atoms with Crippen LogP contribution >= 0.6 is 0 Å². The number of aryl methyl sites for hydroxylation is 1. The quantitative estimate of drug-likeness (QED) is 0.783. The molecule has 0 saturated carbocycles. The predicted octanol–water partition coefficient (Wildman–Crippen LogP) is 2.38. The number of likely N-dealkylation sites (N-methyl/N-ethyl adjacent to an activating group) is 1. The van der Waals surface area contributed by atoms with Crippen LogP contribution in [0.4, 0.5) is 0 Å². The first-order valence-electron chi connectivity index (χ1n) is 7.27. The van der Waals surface area contributed by atoms with Gasteiger partial charge in [0.1, 0.15) is 0 Å². The molecule has 3 rings (SSSR count). The van der Waals surface area contributed by atoms with Crippen molar-refractivity contribution < 1.29 is 4.52 Å². The maximum absolute atomic E-state index is 5.33. The van der Waals surface area contributed by atoms with Crippen LogP contribution in [-0.4, -0.2) is 33.0 Å². The lowest BCUT2D eigenvalue weighted by molar-refractivity contribution is 0.418. The molecule has 0 amide bonds. The fraction of sp³-hybridized carbons (Fsp3) is 0.312. The summed E-state index contributed by atoms with van der Waals surface area (Å²) in [4.78, 5) is 4.43. The highest BCUT2D eigenvalue weighted by atomic mass is 16.5. The van der Waals surface area contributed by atoms with Crippen molar-refractivity contribution in [1.29, 1.82) is 0 Å². The first-order valence-corrected chi connectivity index (χ1v) is 7.27. The SMILES string of the molecule is CNC(C)Cc1noc(-c2ccc(-n3cc(C)cn3)cc2)n1. The Morgan fingerprint density at radius 3 is 2.68 bits per heavy atom. The number of nitrogens with zero attached hydrogens (tertiary/aromatic N) is 4. The Labute approximate surface area is 129 Å². The van der Waals surface area contributed by atoms with E-state index >= 15 is 0 Å². The van der Waals surface area contributed by atoms with Crippen LogP contribution in [0.1, 0.15) is 18.3 Å². The van der Waals surface area contributed by atoms with Gasteiger partial charge in [0.25, 0.3) is 5.89 Å². The number of benzene rings is 1. The van der Waals surface area contributed by atoms with Gasteiger partial charge in [-0.05, 0) is 50.7 Å². The summed E-state index contributed by atoms with van der Waals surface area (Å²) in [5, 5.41) is 11.5. The second-order valence-electron chi connectivity index (χ2n) is 5.42. The average molecular weight is 297 g/mol. The average Bonchev–Trinajstić information content (AvgIpc) is 3.16. The molecule has 1 atom stereocenters. The van der Waals surface area contributed by atoms with Crippen LogP contribution in [0.2, 0.25) is 0 Å². The Kier molecular flexibility index (Phi) is 4.02. The zero-order valence-electron chi connectivity index (χ0n) is 12.9. The summed E-state index contributed by atoms with van der Waals surface area (Å²) >= 11 is 0. The number of rotatable bonds is 5. The van der Waals surface area contributed by atoms with Crippen LogP contribution < -0.4 is 5.32 Å². The van der Waals surface area contributed by atoms with Crippen molar-refractivity contribution in [2.45, 2.75) is 26.3 Å². The molecule has 114 valence electrons. The van der Waals surface area contributed by atoms with E-state index in [0.29, 0.717) is 17.8 Å². The van der Waals surface area contributed by atoms with Crippen molar-refractivity contribution >= 4 is 0 Å². The molecule has 2 heterocycles. The van der Waals surface area contributed by atoms with Gasteiger partial charge in [0, 0.05) is 24.2 Å². The summed E-state index contributed by atoms with van der Waals surface area (Å²) in [5.41, 5.74) is 3.04. The lowest BCUT2D eigenvalue weighted by Crippen LogP contribution is -2.24. The van der Waals surface area contributed by atoms with Gasteiger partial charge in [-0.3, -0.25) is 0 Å². The lowest BCUT2D eigenvalue weighted by Gasteiger charge is -2.04. The fourth-order valence-electron chi connectivity index (χ4n) is 2.14. The molecular formula is C16H19N5O. The minimum Gasteiger partial charge on any atom is -0.334 e. The molecule has 2 aromatic heterocycles. The van der Waals surface area contributed by atoms with Gasteiger partial charge in [-0.2, -0.15) is 10.1 Å². The van der Waals surface area contributed by atoms with E-state index in [1.807, 2.05) is 55.3 Å². The molecule has 22 heavy (non-hydrogen) atoms. The third-order valence-electron chi connectivity index (χ3n) is 3.54. The molecule has 6 nitrogen and oxygen atoms in total. The van der Waals surface area contributed by atoms with Crippen LogP contribution in [0.5, 0.6) is 0 Å². The van der Waals surface area contributed by atoms with E-state index < -0.39 is 0 Å². The molecule has 3 aromatic rings. The van der Waals surface area contributed by atoms with Crippen LogP contribution in [0.25, 0.3) is 17.1 Å². The van der Waals surface area contributed by atoms with E-state index in [4.69, 9.17) is 4.52 Å². The zero-order valence-corrected chi connectivity index (χ0v) is 12.9. The normalized spacial score (nSPS) is 12.5. The molecule has 0 fully saturated rings. The highest BCUT2D eigenvalue weighted by Gasteiger charge is 2.11. The van der Waals surface area contributed by atoms with E-state index in [1.165, 1.54) is 0 Å². The third-order valence-corrected chi connectivity index (χ3v) is 3.54. The number of hydrogen-bond donors (Lipinski definition) is 1. The van der Waals surface area contributed by atoms with Crippen molar-refractivity contribution in [3.05, 3.63) is 48.0 Å². The summed E-state index contributed by atoms with van der Waals surface area (Å²) in [6, 6.07) is 8.22. The summed E-state index contributed by atoms with van der Waals surface area (Å²) in [6.07, 6.45) is 4.56. The van der Waals surface area contributed by atoms with Crippen molar-refractivity contribution in [1.82, 2.24) is 25.2 Å². The van der Waals surface area contributed by atoms with E-state index in [2.05, 4.69) is 27.5 Å². The molecule has 6 heteroatoms. The molecule has 0 aliphatic rings. The molecule has 0 saturated heterocycles. The Balaban J connectivity index is 1.78. The van der Waals surface area contributed by atoms with Gasteiger partial charge in [0.05, 0.1) is 11.9 Å².